The molecule has 1 aliphatic rings. The minimum Gasteiger partial charge on any atom is -0.379 e. The van der Waals surface area contributed by atoms with Crippen molar-refractivity contribution in [1.82, 2.24) is 9.78 Å². The first-order chi connectivity index (χ1) is 9.06. The summed E-state index contributed by atoms with van der Waals surface area (Å²) in [6.45, 7) is 6.06. The fraction of sp³-hybridized carbons (Fsp3) is 0.692. The van der Waals surface area contributed by atoms with Gasteiger partial charge in [0.25, 0.3) is 5.56 Å². The topological polar surface area (TPSA) is 56.1 Å². The molecule has 0 spiro atoms. The van der Waals surface area contributed by atoms with E-state index >= 15 is 0 Å². The van der Waals surface area contributed by atoms with E-state index in [1.165, 1.54) is 4.68 Å². The number of halogens is 1. The molecule has 1 unspecified atom stereocenters. The number of nitrogens with one attached hydrogen (secondary N) is 1. The summed E-state index contributed by atoms with van der Waals surface area (Å²) in [5.41, 5.74) is 0.156. The summed E-state index contributed by atoms with van der Waals surface area (Å²) >= 11 is 6.09. The predicted octanol–water partition coefficient (Wildman–Crippen LogP) is 2.29. The highest BCUT2D eigenvalue weighted by atomic mass is 35.5. The summed E-state index contributed by atoms with van der Waals surface area (Å²) in [5, 5.41) is 7.49. The van der Waals surface area contributed by atoms with Crippen molar-refractivity contribution in [1.29, 1.82) is 0 Å². The van der Waals surface area contributed by atoms with E-state index < -0.39 is 0 Å². The third kappa shape index (κ3) is 3.28. The average molecular weight is 286 g/mol. The number of hydrogen-bond donors (Lipinski definition) is 1. The summed E-state index contributed by atoms with van der Waals surface area (Å²) in [4.78, 5) is 12.0. The number of aromatic nitrogens is 2. The van der Waals surface area contributed by atoms with Gasteiger partial charge in [-0.1, -0.05) is 18.5 Å². The van der Waals surface area contributed by atoms with E-state index in [2.05, 4.69) is 17.3 Å². The average Bonchev–Trinajstić information content (AvgIpc) is 2.82. The maximum absolute atomic E-state index is 12.0. The number of rotatable bonds is 5. The van der Waals surface area contributed by atoms with E-state index in [0.717, 1.165) is 25.9 Å². The molecule has 5 nitrogen and oxygen atoms in total. The molecule has 0 aliphatic carbocycles. The second-order valence-electron chi connectivity index (χ2n) is 5.16. The fourth-order valence-corrected chi connectivity index (χ4v) is 2.43. The Balaban J connectivity index is 2.09. The van der Waals surface area contributed by atoms with E-state index in [-0.39, 0.29) is 16.2 Å². The molecule has 1 atom stereocenters. The van der Waals surface area contributed by atoms with Gasteiger partial charge >= 0.3 is 0 Å². The lowest BCUT2D eigenvalue weighted by Crippen LogP contribution is -2.33. The lowest BCUT2D eigenvalue weighted by molar-refractivity contribution is 0.0315. The molecule has 1 aromatic rings. The lowest BCUT2D eigenvalue weighted by atomic mass is 10.0. The van der Waals surface area contributed by atoms with Crippen LogP contribution in [0.15, 0.2) is 11.0 Å². The zero-order chi connectivity index (χ0) is 13.9. The van der Waals surface area contributed by atoms with Crippen molar-refractivity contribution in [2.75, 3.05) is 18.5 Å². The minimum absolute atomic E-state index is 0.179. The smallest absolute Gasteiger partial charge is 0.287 e. The first-order valence-corrected chi connectivity index (χ1v) is 7.07. The third-order valence-electron chi connectivity index (χ3n) is 3.37. The van der Waals surface area contributed by atoms with Crippen LogP contribution < -0.4 is 10.9 Å². The molecule has 2 rings (SSSR count). The second kappa shape index (κ2) is 5.92. The van der Waals surface area contributed by atoms with Crippen molar-refractivity contribution in [3.63, 3.8) is 0 Å². The molecule has 6 heteroatoms. The van der Waals surface area contributed by atoms with Gasteiger partial charge in [-0.3, -0.25) is 4.79 Å². The molecule has 19 heavy (non-hydrogen) atoms. The predicted molar refractivity (Wildman–Crippen MR) is 75.9 cm³/mol. The molecule has 1 N–H and O–H groups in total. The van der Waals surface area contributed by atoms with Gasteiger partial charge in [0.05, 0.1) is 17.5 Å². The molecular weight excluding hydrogens is 266 g/mol. The molecular formula is C13H20ClN3O2. The van der Waals surface area contributed by atoms with Crippen molar-refractivity contribution in [3.8, 4) is 0 Å². The van der Waals surface area contributed by atoms with Gasteiger partial charge in [0.15, 0.2) is 0 Å². The monoisotopic (exact) mass is 285 g/mol. The van der Waals surface area contributed by atoms with Gasteiger partial charge in [0.1, 0.15) is 5.02 Å². The van der Waals surface area contributed by atoms with E-state index in [9.17, 15) is 4.79 Å². The first kappa shape index (κ1) is 14.3. The minimum atomic E-state index is -0.244. The van der Waals surface area contributed by atoms with Crippen molar-refractivity contribution in [3.05, 3.63) is 21.6 Å². The van der Waals surface area contributed by atoms with Crippen molar-refractivity contribution >= 4 is 17.3 Å². The van der Waals surface area contributed by atoms with Gasteiger partial charge < -0.3 is 10.1 Å². The van der Waals surface area contributed by atoms with Crippen LogP contribution in [0.25, 0.3) is 0 Å². The Labute approximate surface area is 117 Å². The summed E-state index contributed by atoms with van der Waals surface area (Å²) in [6, 6.07) is 0. The van der Waals surface area contributed by atoms with E-state index in [4.69, 9.17) is 16.3 Å². The van der Waals surface area contributed by atoms with E-state index in [0.29, 0.717) is 18.8 Å². The summed E-state index contributed by atoms with van der Waals surface area (Å²) in [6.07, 6.45) is 4.54. The van der Waals surface area contributed by atoms with Crippen LogP contribution in [-0.4, -0.2) is 28.5 Å². The molecule has 0 amide bonds. The van der Waals surface area contributed by atoms with Gasteiger partial charge in [-0.05, 0) is 26.2 Å². The molecule has 0 radical (unpaired) electrons. The Morgan fingerprint density at radius 3 is 3.05 bits per heavy atom. The van der Waals surface area contributed by atoms with Crippen LogP contribution in [0.5, 0.6) is 0 Å². The number of hydrogen-bond acceptors (Lipinski definition) is 4. The largest absolute Gasteiger partial charge is 0.379 e. The Bertz CT molecular complexity index is 495. The molecule has 106 valence electrons. The van der Waals surface area contributed by atoms with Crippen LogP contribution in [-0.2, 0) is 11.3 Å². The number of anilines is 1. The van der Waals surface area contributed by atoms with Crippen LogP contribution in [0.4, 0.5) is 5.69 Å². The lowest BCUT2D eigenvalue weighted by Gasteiger charge is -2.24. The van der Waals surface area contributed by atoms with Crippen LogP contribution in [0.3, 0.4) is 0 Å². The maximum atomic E-state index is 12.0. The Morgan fingerprint density at radius 1 is 1.63 bits per heavy atom. The molecule has 1 saturated heterocycles. The zero-order valence-electron chi connectivity index (χ0n) is 11.4. The quantitative estimate of drug-likeness (QED) is 0.902. The normalized spacial score (nSPS) is 22.7. The van der Waals surface area contributed by atoms with Crippen molar-refractivity contribution in [2.24, 2.45) is 0 Å². The van der Waals surface area contributed by atoms with Crippen LogP contribution in [0.2, 0.25) is 5.02 Å². The van der Waals surface area contributed by atoms with Crippen molar-refractivity contribution in [2.45, 2.75) is 45.3 Å². The molecule has 1 fully saturated rings. The molecule has 1 aromatic heterocycles. The van der Waals surface area contributed by atoms with Crippen LogP contribution >= 0.6 is 11.6 Å². The zero-order valence-corrected chi connectivity index (χ0v) is 12.2. The Kier molecular flexibility index (Phi) is 4.47. The van der Waals surface area contributed by atoms with Crippen molar-refractivity contribution < 1.29 is 4.74 Å². The SMILES string of the molecule is CCCn1ncc(NCC2(C)CCCO2)c(Cl)c1=O. The van der Waals surface area contributed by atoms with Gasteiger partial charge in [0, 0.05) is 19.7 Å². The van der Waals surface area contributed by atoms with Crippen LogP contribution in [0.1, 0.15) is 33.1 Å². The second-order valence-corrected chi connectivity index (χ2v) is 5.53. The van der Waals surface area contributed by atoms with E-state index in [1.807, 2.05) is 6.92 Å². The number of ether oxygens (including phenoxy) is 1. The maximum Gasteiger partial charge on any atom is 0.287 e. The van der Waals surface area contributed by atoms with Gasteiger partial charge in [-0.2, -0.15) is 5.10 Å². The van der Waals surface area contributed by atoms with Gasteiger partial charge in [-0.25, -0.2) is 4.68 Å². The molecule has 0 aromatic carbocycles. The number of nitrogens with zero attached hydrogens (tertiary/aromatic N) is 2. The molecule has 0 saturated carbocycles. The molecule has 2 heterocycles. The highest BCUT2D eigenvalue weighted by Crippen LogP contribution is 2.26. The van der Waals surface area contributed by atoms with Gasteiger partial charge in [-0.15, -0.1) is 0 Å². The molecule has 1 aliphatic heterocycles. The van der Waals surface area contributed by atoms with E-state index in [1.54, 1.807) is 6.20 Å². The number of aryl methyl sites for hydroxylation is 1. The Morgan fingerprint density at radius 2 is 2.42 bits per heavy atom. The summed E-state index contributed by atoms with van der Waals surface area (Å²) in [7, 11) is 0. The highest BCUT2D eigenvalue weighted by molar-refractivity contribution is 6.32. The standard InChI is InChI=1S/C13H20ClN3O2/c1-3-6-17-12(18)11(14)10(8-16-17)15-9-13(2)5-4-7-19-13/h8,15H,3-7,9H2,1-2H3. The highest BCUT2D eigenvalue weighted by Gasteiger charge is 2.29. The van der Waals surface area contributed by atoms with Gasteiger partial charge in [0.2, 0.25) is 0 Å². The Hall–Kier alpha value is -1.07. The van der Waals surface area contributed by atoms with Crippen LogP contribution in [0, 0.1) is 0 Å². The molecule has 0 bridgehead atoms. The summed E-state index contributed by atoms with van der Waals surface area (Å²) < 4.78 is 7.08. The summed E-state index contributed by atoms with van der Waals surface area (Å²) in [5.74, 6) is 0. The fourth-order valence-electron chi connectivity index (χ4n) is 2.22. The third-order valence-corrected chi connectivity index (χ3v) is 3.74. The first-order valence-electron chi connectivity index (χ1n) is 6.69.